The van der Waals surface area contributed by atoms with Crippen molar-refractivity contribution in [2.24, 2.45) is 17.8 Å². The highest BCUT2D eigenvalue weighted by atomic mass is 16.3. The molecule has 4 nitrogen and oxygen atoms in total. The number of nitrogens with one attached hydrogen (secondary N) is 1. The Kier molecular flexibility index (Phi) is 7.67. The van der Waals surface area contributed by atoms with Crippen LogP contribution in [0.4, 0.5) is 0 Å². The molecule has 3 atom stereocenters. The van der Waals surface area contributed by atoms with E-state index in [0.717, 1.165) is 38.9 Å². The van der Waals surface area contributed by atoms with Gasteiger partial charge in [-0.05, 0) is 37.6 Å². The van der Waals surface area contributed by atoms with Gasteiger partial charge in [-0.1, -0.05) is 34.6 Å². The van der Waals surface area contributed by atoms with Gasteiger partial charge in [0.25, 0.3) is 0 Å². The number of amides is 1. The van der Waals surface area contributed by atoms with E-state index in [9.17, 15) is 9.90 Å². The lowest BCUT2D eigenvalue weighted by molar-refractivity contribution is -0.125. The van der Waals surface area contributed by atoms with Crippen molar-refractivity contribution in [3.8, 4) is 0 Å². The molecule has 1 aliphatic rings. The molecule has 0 aliphatic carbocycles. The quantitative estimate of drug-likeness (QED) is 0.758. The predicted octanol–water partition coefficient (Wildman–Crippen LogP) is 2.27. The molecular weight excluding hydrogens is 264 g/mol. The van der Waals surface area contributed by atoms with Gasteiger partial charge in [0.05, 0.1) is 6.10 Å². The number of aliphatic hydroxyl groups excluding tert-OH is 1. The first-order chi connectivity index (χ1) is 9.83. The number of carbonyl (C=O) groups is 1. The average Bonchev–Trinajstić information content (AvgIpc) is 2.38. The predicted molar refractivity (Wildman–Crippen MR) is 87.1 cm³/mol. The van der Waals surface area contributed by atoms with Crippen LogP contribution >= 0.6 is 0 Å². The first-order valence-corrected chi connectivity index (χ1v) is 8.54. The van der Waals surface area contributed by atoms with Crippen molar-refractivity contribution in [3.05, 3.63) is 0 Å². The maximum Gasteiger partial charge on any atom is 0.222 e. The molecule has 0 spiro atoms. The number of hydrogen-bond donors (Lipinski definition) is 2. The fraction of sp³-hybridized carbons (Fsp3) is 0.941. The summed E-state index contributed by atoms with van der Waals surface area (Å²) in [5, 5.41) is 13.3. The summed E-state index contributed by atoms with van der Waals surface area (Å²) in [5.74, 6) is 0.947. The third-order valence-corrected chi connectivity index (χ3v) is 4.37. The second-order valence-electron chi connectivity index (χ2n) is 7.27. The number of hydrogen-bond acceptors (Lipinski definition) is 3. The molecule has 1 saturated heterocycles. The van der Waals surface area contributed by atoms with Gasteiger partial charge in [-0.15, -0.1) is 0 Å². The molecule has 0 radical (unpaired) electrons. The summed E-state index contributed by atoms with van der Waals surface area (Å²) in [5.41, 5.74) is 0. The summed E-state index contributed by atoms with van der Waals surface area (Å²) < 4.78 is 0. The maximum atomic E-state index is 11.9. The highest BCUT2D eigenvalue weighted by molar-refractivity contribution is 5.78. The van der Waals surface area contributed by atoms with Gasteiger partial charge < -0.3 is 15.3 Å². The zero-order chi connectivity index (χ0) is 16.0. The number of piperidine rings is 1. The lowest BCUT2D eigenvalue weighted by atomic mass is 9.86. The highest BCUT2D eigenvalue weighted by Crippen LogP contribution is 2.24. The molecule has 2 N–H and O–H groups in total. The largest absolute Gasteiger partial charge is 0.393 e. The summed E-state index contributed by atoms with van der Waals surface area (Å²) in [6, 6.07) is 0.226. The summed E-state index contributed by atoms with van der Waals surface area (Å²) in [4.78, 5) is 14.4. The molecule has 1 amide bonds. The Morgan fingerprint density at radius 3 is 2.48 bits per heavy atom. The van der Waals surface area contributed by atoms with E-state index in [1.54, 1.807) is 0 Å². The van der Waals surface area contributed by atoms with Crippen LogP contribution in [0.1, 0.15) is 53.9 Å². The molecule has 0 aromatic carbocycles. The molecule has 124 valence electrons. The monoisotopic (exact) mass is 298 g/mol. The van der Waals surface area contributed by atoms with Gasteiger partial charge in [0.15, 0.2) is 0 Å². The molecule has 1 aliphatic heterocycles. The fourth-order valence-corrected chi connectivity index (χ4v) is 3.06. The van der Waals surface area contributed by atoms with Crippen molar-refractivity contribution >= 4 is 5.91 Å². The van der Waals surface area contributed by atoms with Crippen LogP contribution in [0.2, 0.25) is 0 Å². The van der Waals surface area contributed by atoms with Gasteiger partial charge in [0, 0.05) is 25.0 Å². The van der Waals surface area contributed by atoms with Crippen LogP contribution in [-0.2, 0) is 4.79 Å². The lowest BCUT2D eigenvalue weighted by Crippen LogP contribution is -2.52. The van der Waals surface area contributed by atoms with Crippen LogP contribution in [0.5, 0.6) is 0 Å². The molecule has 0 saturated carbocycles. The molecule has 0 aromatic rings. The SMILES string of the molecule is CCCN1CC(CC(O)C(C)C)CC(NC(=O)C(C)C)C1. The van der Waals surface area contributed by atoms with Crippen LogP contribution in [0.3, 0.4) is 0 Å². The van der Waals surface area contributed by atoms with Gasteiger partial charge in [0.2, 0.25) is 5.91 Å². The van der Waals surface area contributed by atoms with Gasteiger partial charge >= 0.3 is 0 Å². The molecule has 4 heteroatoms. The van der Waals surface area contributed by atoms with Crippen molar-refractivity contribution in [1.29, 1.82) is 0 Å². The van der Waals surface area contributed by atoms with E-state index < -0.39 is 0 Å². The van der Waals surface area contributed by atoms with Crippen LogP contribution in [0.25, 0.3) is 0 Å². The normalized spacial score (nSPS) is 25.3. The smallest absolute Gasteiger partial charge is 0.222 e. The van der Waals surface area contributed by atoms with Crippen LogP contribution in [0, 0.1) is 17.8 Å². The maximum absolute atomic E-state index is 11.9. The minimum absolute atomic E-state index is 0.0336. The Morgan fingerprint density at radius 2 is 1.95 bits per heavy atom. The van der Waals surface area contributed by atoms with Crippen molar-refractivity contribution in [2.75, 3.05) is 19.6 Å². The number of carbonyl (C=O) groups excluding carboxylic acids is 1. The highest BCUT2D eigenvalue weighted by Gasteiger charge is 2.30. The van der Waals surface area contributed by atoms with Gasteiger partial charge in [-0.2, -0.15) is 0 Å². The third-order valence-electron chi connectivity index (χ3n) is 4.37. The zero-order valence-corrected chi connectivity index (χ0v) is 14.4. The Balaban J connectivity index is 2.61. The van der Waals surface area contributed by atoms with Gasteiger partial charge in [-0.25, -0.2) is 0 Å². The molecule has 0 aromatic heterocycles. The van der Waals surface area contributed by atoms with E-state index in [4.69, 9.17) is 0 Å². The summed E-state index contributed by atoms with van der Waals surface area (Å²) in [6.07, 6.45) is 2.72. The summed E-state index contributed by atoms with van der Waals surface area (Å²) >= 11 is 0. The van der Waals surface area contributed by atoms with Crippen LogP contribution in [-0.4, -0.2) is 47.7 Å². The second kappa shape index (κ2) is 8.74. The third kappa shape index (κ3) is 6.35. The average molecular weight is 298 g/mol. The Hall–Kier alpha value is -0.610. The summed E-state index contributed by atoms with van der Waals surface area (Å²) in [7, 11) is 0. The minimum Gasteiger partial charge on any atom is -0.393 e. The van der Waals surface area contributed by atoms with Crippen molar-refractivity contribution < 1.29 is 9.90 Å². The van der Waals surface area contributed by atoms with E-state index >= 15 is 0 Å². The Morgan fingerprint density at radius 1 is 1.29 bits per heavy atom. The van der Waals surface area contributed by atoms with E-state index in [1.165, 1.54) is 0 Å². The van der Waals surface area contributed by atoms with Crippen molar-refractivity contribution in [3.63, 3.8) is 0 Å². The standard InChI is InChI=1S/C17H34N2O2/c1-6-7-19-10-14(9-16(20)12(2)3)8-15(11-19)18-17(21)13(4)5/h12-16,20H,6-11H2,1-5H3,(H,18,21). The number of rotatable bonds is 7. The number of aliphatic hydroxyl groups is 1. The van der Waals surface area contributed by atoms with Crippen LogP contribution < -0.4 is 5.32 Å². The molecule has 0 bridgehead atoms. The lowest BCUT2D eigenvalue weighted by Gasteiger charge is -2.39. The molecule has 1 rings (SSSR count). The van der Waals surface area contributed by atoms with Gasteiger partial charge in [-0.3, -0.25) is 4.79 Å². The van der Waals surface area contributed by atoms with E-state index in [-0.39, 0.29) is 24.0 Å². The van der Waals surface area contributed by atoms with Crippen molar-refractivity contribution in [1.82, 2.24) is 10.2 Å². The first-order valence-electron chi connectivity index (χ1n) is 8.54. The molecule has 21 heavy (non-hydrogen) atoms. The first kappa shape index (κ1) is 18.4. The Labute approximate surface area is 130 Å². The van der Waals surface area contributed by atoms with Crippen molar-refractivity contribution in [2.45, 2.75) is 66.0 Å². The number of nitrogens with zero attached hydrogens (tertiary/aromatic N) is 1. The molecular formula is C17H34N2O2. The number of likely N-dealkylation sites (tertiary alicyclic amines) is 1. The van der Waals surface area contributed by atoms with E-state index in [2.05, 4.69) is 31.0 Å². The topological polar surface area (TPSA) is 52.6 Å². The zero-order valence-electron chi connectivity index (χ0n) is 14.4. The Bertz CT molecular complexity index is 318. The van der Waals surface area contributed by atoms with Gasteiger partial charge in [0.1, 0.15) is 0 Å². The van der Waals surface area contributed by atoms with E-state index in [1.807, 2.05) is 13.8 Å². The minimum atomic E-state index is -0.238. The molecule has 1 fully saturated rings. The molecule has 1 heterocycles. The summed E-state index contributed by atoms with van der Waals surface area (Å²) in [6.45, 7) is 13.2. The molecule has 3 unspecified atom stereocenters. The fourth-order valence-electron chi connectivity index (χ4n) is 3.06. The van der Waals surface area contributed by atoms with Crippen LogP contribution in [0.15, 0.2) is 0 Å². The van der Waals surface area contributed by atoms with E-state index in [0.29, 0.717) is 11.8 Å². The second-order valence-corrected chi connectivity index (χ2v) is 7.27.